The zero-order valence-corrected chi connectivity index (χ0v) is 9.25. The van der Waals surface area contributed by atoms with Crippen molar-refractivity contribution in [2.24, 2.45) is 0 Å². The molecule has 0 fully saturated rings. The van der Waals surface area contributed by atoms with Gasteiger partial charge in [-0.05, 0) is 22.0 Å². The van der Waals surface area contributed by atoms with Crippen molar-refractivity contribution in [3.8, 4) is 0 Å². The first-order valence-electron chi connectivity index (χ1n) is 4.29. The third-order valence-corrected chi connectivity index (χ3v) is 2.22. The number of halogens is 2. The van der Waals surface area contributed by atoms with Gasteiger partial charge in [0.15, 0.2) is 11.6 Å². The molecule has 0 radical (unpaired) electrons. The normalized spacial score (nSPS) is 10.3. The maximum absolute atomic E-state index is 13.3. The van der Waals surface area contributed by atoms with Crippen LogP contribution >= 0.6 is 15.9 Å². The third kappa shape index (κ3) is 2.53. The minimum Gasteiger partial charge on any atom is -0.360 e. The van der Waals surface area contributed by atoms with Crippen LogP contribution < -0.4 is 5.32 Å². The Balaban J connectivity index is 2.05. The van der Waals surface area contributed by atoms with E-state index in [9.17, 15) is 4.39 Å². The monoisotopic (exact) mass is 270 g/mol. The van der Waals surface area contributed by atoms with Crippen LogP contribution in [0.5, 0.6) is 0 Å². The molecule has 2 aromatic heterocycles. The van der Waals surface area contributed by atoms with Crippen LogP contribution in [-0.4, -0.2) is 15.0 Å². The molecule has 2 rings (SSSR count). The molecule has 0 aliphatic rings. The van der Waals surface area contributed by atoms with Gasteiger partial charge in [0.05, 0.1) is 6.54 Å². The largest absolute Gasteiger partial charge is 0.360 e. The van der Waals surface area contributed by atoms with Crippen LogP contribution in [-0.2, 0) is 6.54 Å². The van der Waals surface area contributed by atoms with Crippen LogP contribution in [0, 0.1) is 5.82 Å². The smallest absolute Gasteiger partial charge is 0.166 e. The van der Waals surface area contributed by atoms with Gasteiger partial charge in [0, 0.05) is 23.1 Å². The molecule has 2 heterocycles. The molecule has 2 aromatic rings. The Labute approximate surface area is 94.1 Å². The summed E-state index contributed by atoms with van der Waals surface area (Å²) in [4.78, 5) is 10.8. The minimum absolute atomic E-state index is 0.217. The van der Waals surface area contributed by atoms with Gasteiger partial charge < -0.3 is 10.3 Å². The first kappa shape index (κ1) is 10.1. The molecule has 0 aliphatic heterocycles. The van der Waals surface area contributed by atoms with E-state index in [1.807, 2.05) is 0 Å². The van der Waals surface area contributed by atoms with E-state index >= 15 is 0 Å². The number of H-pyrrole nitrogens is 1. The van der Waals surface area contributed by atoms with Crippen LogP contribution in [0.1, 0.15) is 5.82 Å². The highest BCUT2D eigenvalue weighted by Gasteiger charge is 2.04. The number of anilines is 1. The number of hydrogen-bond donors (Lipinski definition) is 2. The second kappa shape index (κ2) is 4.39. The minimum atomic E-state index is -0.393. The number of hydrogen-bond acceptors (Lipinski definition) is 3. The average Bonchev–Trinajstić information content (AvgIpc) is 2.69. The van der Waals surface area contributed by atoms with Gasteiger partial charge in [-0.3, -0.25) is 0 Å². The van der Waals surface area contributed by atoms with Gasteiger partial charge in [-0.15, -0.1) is 0 Å². The fourth-order valence-corrected chi connectivity index (χ4v) is 1.41. The summed E-state index contributed by atoms with van der Waals surface area (Å²) in [5.74, 6) is 0.560. The Morgan fingerprint density at radius 3 is 3.00 bits per heavy atom. The van der Waals surface area contributed by atoms with Crippen LogP contribution in [0.2, 0.25) is 0 Å². The van der Waals surface area contributed by atoms with Gasteiger partial charge in [0.2, 0.25) is 0 Å². The van der Waals surface area contributed by atoms with E-state index in [1.165, 1.54) is 12.3 Å². The molecular weight excluding hydrogens is 263 g/mol. The van der Waals surface area contributed by atoms with Crippen LogP contribution in [0.4, 0.5) is 10.2 Å². The highest BCUT2D eigenvalue weighted by Crippen LogP contribution is 2.16. The fraction of sp³-hybridized carbons (Fsp3) is 0.111. The van der Waals surface area contributed by atoms with Crippen LogP contribution in [0.15, 0.2) is 29.1 Å². The van der Waals surface area contributed by atoms with Crippen molar-refractivity contribution in [3.63, 3.8) is 0 Å². The molecular formula is C9H8BrFN4. The molecule has 0 bridgehead atoms. The molecule has 4 nitrogen and oxygen atoms in total. The maximum atomic E-state index is 13.3. The van der Waals surface area contributed by atoms with Crippen molar-refractivity contribution in [3.05, 3.63) is 40.8 Å². The second-order valence-corrected chi connectivity index (χ2v) is 3.79. The molecule has 6 heteroatoms. The Hall–Kier alpha value is -1.43. The summed E-state index contributed by atoms with van der Waals surface area (Å²) in [6.07, 6.45) is 4.89. The molecule has 0 unspecified atom stereocenters. The lowest BCUT2D eigenvalue weighted by atomic mass is 10.4. The number of aromatic amines is 1. The molecule has 2 N–H and O–H groups in total. The summed E-state index contributed by atoms with van der Waals surface area (Å²) in [5, 5.41) is 2.84. The topological polar surface area (TPSA) is 53.6 Å². The van der Waals surface area contributed by atoms with Crippen LogP contribution in [0.3, 0.4) is 0 Å². The quantitative estimate of drug-likeness (QED) is 0.900. The summed E-state index contributed by atoms with van der Waals surface area (Å²) in [7, 11) is 0. The Morgan fingerprint density at radius 1 is 1.47 bits per heavy atom. The van der Waals surface area contributed by atoms with Gasteiger partial charge in [0.25, 0.3) is 0 Å². The van der Waals surface area contributed by atoms with E-state index in [2.05, 4.69) is 36.2 Å². The lowest BCUT2D eigenvalue weighted by molar-refractivity contribution is 0.623. The molecule has 78 valence electrons. The van der Waals surface area contributed by atoms with E-state index < -0.39 is 5.82 Å². The van der Waals surface area contributed by atoms with E-state index in [0.717, 1.165) is 5.82 Å². The Bertz CT molecular complexity index is 443. The number of nitrogens with zero attached hydrogens (tertiary/aromatic N) is 2. The van der Waals surface area contributed by atoms with Crippen molar-refractivity contribution in [1.82, 2.24) is 15.0 Å². The lowest BCUT2D eigenvalue weighted by Gasteiger charge is -2.04. The second-order valence-electron chi connectivity index (χ2n) is 2.87. The summed E-state index contributed by atoms with van der Waals surface area (Å²) in [6, 6.07) is 1.36. The van der Waals surface area contributed by atoms with Gasteiger partial charge in [-0.1, -0.05) is 0 Å². The average molecular weight is 271 g/mol. The predicted octanol–water partition coefficient (Wildman–Crippen LogP) is 2.32. The van der Waals surface area contributed by atoms with Gasteiger partial charge >= 0.3 is 0 Å². The first-order chi connectivity index (χ1) is 7.25. The van der Waals surface area contributed by atoms with Crippen molar-refractivity contribution in [1.29, 1.82) is 0 Å². The predicted molar refractivity (Wildman–Crippen MR) is 57.8 cm³/mol. The standard InChI is InChI=1S/C9H8BrFN4/c10-6-3-7(11)9(14-4-6)15-5-8-12-1-2-13-8/h1-4H,5H2,(H,12,13)(H,14,15). The van der Waals surface area contributed by atoms with Crippen LogP contribution in [0.25, 0.3) is 0 Å². The van der Waals surface area contributed by atoms with Gasteiger partial charge in [-0.25, -0.2) is 14.4 Å². The molecule has 0 aromatic carbocycles. The number of pyridine rings is 1. The highest BCUT2D eigenvalue weighted by atomic mass is 79.9. The van der Waals surface area contributed by atoms with E-state index in [1.54, 1.807) is 12.4 Å². The van der Waals surface area contributed by atoms with Crippen molar-refractivity contribution >= 4 is 21.7 Å². The molecule has 15 heavy (non-hydrogen) atoms. The number of rotatable bonds is 3. The molecule has 0 atom stereocenters. The van der Waals surface area contributed by atoms with Gasteiger partial charge in [-0.2, -0.15) is 0 Å². The molecule has 0 spiro atoms. The zero-order chi connectivity index (χ0) is 10.7. The summed E-state index contributed by atoms with van der Waals surface area (Å²) < 4.78 is 13.9. The number of imidazole rings is 1. The maximum Gasteiger partial charge on any atom is 0.166 e. The molecule has 0 aliphatic carbocycles. The molecule has 0 saturated carbocycles. The Morgan fingerprint density at radius 2 is 2.33 bits per heavy atom. The lowest BCUT2D eigenvalue weighted by Crippen LogP contribution is -2.04. The molecule has 0 amide bonds. The summed E-state index contributed by atoms with van der Waals surface area (Å²) in [6.45, 7) is 0.415. The highest BCUT2D eigenvalue weighted by molar-refractivity contribution is 9.10. The van der Waals surface area contributed by atoms with E-state index in [-0.39, 0.29) is 5.82 Å². The fourth-order valence-electron chi connectivity index (χ4n) is 1.11. The Kier molecular flexibility index (Phi) is 2.96. The number of nitrogens with one attached hydrogen (secondary N) is 2. The van der Waals surface area contributed by atoms with Gasteiger partial charge in [0.1, 0.15) is 5.82 Å². The third-order valence-electron chi connectivity index (χ3n) is 1.79. The zero-order valence-electron chi connectivity index (χ0n) is 7.67. The first-order valence-corrected chi connectivity index (χ1v) is 5.08. The van der Waals surface area contributed by atoms with E-state index in [0.29, 0.717) is 11.0 Å². The van der Waals surface area contributed by atoms with E-state index in [4.69, 9.17) is 0 Å². The van der Waals surface area contributed by atoms with Crippen molar-refractivity contribution < 1.29 is 4.39 Å². The van der Waals surface area contributed by atoms with Crippen molar-refractivity contribution in [2.45, 2.75) is 6.54 Å². The van der Waals surface area contributed by atoms with Crippen molar-refractivity contribution in [2.75, 3.05) is 5.32 Å². The summed E-state index contributed by atoms with van der Waals surface area (Å²) >= 11 is 3.14. The SMILES string of the molecule is Fc1cc(Br)cnc1NCc1ncc[nH]1. The molecule has 0 saturated heterocycles. The summed E-state index contributed by atoms with van der Waals surface area (Å²) in [5.41, 5.74) is 0. The number of aromatic nitrogens is 3.